The number of anilines is 1. The Hall–Kier alpha value is -4.04. The maximum atomic E-state index is 13.9. The van der Waals surface area contributed by atoms with Crippen LogP contribution in [0, 0.1) is 12.7 Å². The fraction of sp³-hybridized carbons (Fsp3) is 0.370. The van der Waals surface area contributed by atoms with E-state index in [1.807, 2.05) is 13.8 Å². The van der Waals surface area contributed by atoms with Crippen molar-refractivity contribution in [1.29, 1.82) is 0 Å². The first-order valence-corrected chi connectivity index (χ1v) is 14.6. The van der Waals surface area contributed by atoms with Gasteiger partial charge in [-0.1, -0.05) is 18.2 Å². The van der Waals surface area contributed by atoms with E-state index >= 15 is 0 Å². The van der Waals surface area contributed by atoms with Crippen molar-refractivity contribution in [1.82, 2.24) is 25.2 Å². The number of piperidine rings is 1. The van der Waals surface area contributed by atoms with Gasteiger partial charge in [0.05, 0.1) is 11.4 Å². The molecule has 14 heteroatoms. The van der Waals surface area contributed by atoms with Gasteiger partial charge in [-0.3, -0.25) is 14.1 Å². The van der Waals surface area contributed by atoms with Crippen LogP contribution < -0.4 is 20.9 Å². The van der Waals surface area contributed by atoms with Gasteiger partial charge in [0.15, 0.2) is 5.82 Å². The minimum Gasteiger partial charge on any atom is -0.350 e. The summed E-state index contributed by atoms with van der Waals surface area (Å²) in [7, 11) is -3.95. The summed E-state index contributed by atoms with van der Waals surface area (Å²) in [4.78, 5) is 30.6. The lowest BCUT2D eigenvalue weighted by atomic mass is 10.1. The van der Waals surface area contributed by atoms with Gasteiger partial charge in [-0.25, -0.2) is 32.2 Å². The number of sulfonamides is 1. The Morgan fingerprint density at radius 2 is 2.00 bits per heavy atom. The van der Waals surface area contributed by atoms with Gasteiger partial charge < -0.3 is 10.6 Å². The van der Waals surface area contributed by atoms with Gasteiger partial charge in [0, 0.05) is 48.9 Å². The molecule has 2 aromatic heterocycles. The average Bonchev–Trinajstić information content (AvgIpc) is 2.91. The number of pyridine rings is 1. The molecule has 0 spiro atoms. The molecule has 4 rings (SSSR count). The number of guanidine groups is 1. The van der Waals surface area contributed by atoms with E-state index in [9.17, 15) is 22.0 Å². The summed E-state index contributed by atoms with van der Waals surface area (Å²) in [6.45, 7) is 9.71. The van der Waals surface area contributed by atoms with E-state index in [1.54, 1.807) is 13.0 Å². The second-order valence-electron chi connectivity index (χ2n) is 9.95. The van der Waals surface area contributed by atoms with Crippen LogP contribution in [-0.2, 0) is 15.8 Å². The molecule has 0 unspecified atom stereocenters. The van der Waals surface area contributed by atoms with Crippen molar-refractivity contribution in [3.8, 4) is 11.3 Å². The number of halogens is 2. The molecule has 0 radical (unpaired) electrons. The van der Waals surface area contributed by atoms with Crippen molar-refractivity contribution in [2.24, 2.45) is 9.98 Å². The fourth-order valence-electron chi connectivity index (χ4n) is 4.46. The minimum atomic E-state index is -3.95. The molecule has 41 heavy (non-hydrogen) atoms. The van der Waals surface area contributed by atoms with Crippen LogP contribution in [0.25, 0.3) is 11.3 Å². The van der Waals surface area contributed by atoms with Crippen LogP contribution in [0.5, 0.6) is 0 Å². The Morgan fingerprint density at radius 3 is 2.63 bits per heavy atom. The second kappa shape index (κ2) is 12.6. The summed E-state index contributed by atoms with van der Waals surface area (Å²) in [5.74, 6) is -0.760. The van der Waals surface area contributed by atoms with Crippen molar-refractivity contribution < 1.29 is 17.2 Å². The normalized spacial score (nSPS) is 17.9. The van der Waals surface area contributed by atoms with Crippen LogP contribution in [0.1, 0.15) is 37.6 Å². The van der Waals surface area contributed by atoms with Gasteiger partial charge in [-0.05, 0) is 45.7 Å². The highest BCUT2D eigenvalue weighted by Gasteiger charge is 2.23. The highest BCUT2D eigenvalue weighted by atomic mass is 32.2. The monoisotopic (exact) mass is 586 g/mol. The van der Waals surface area contributed by atoms with E-state index in [-0.39, 0.29) is 47.4 Å². The van der Waals surface area contributed by atoms with Gasteiger partial charge in [0.2, 0.25) is 16.0 Å². The molecule has 3 heterocycles. The van der Waals surface area contributed by atoms with Crippen LogP contribution in [0.4, 0.5) is 20.4 Å². The number of hydrogen-bond donors (Lipinski definition) is 3. The van der Waals surface area contributed by atoms with Crippen molar-refractivity contribution in [3.05, 3.63) is 70.0 Å². The highest BCUT2D eigenvalue weighted by Crippen LogP contribution is 2.24. The molecule has 1 saturated heterocycles. The summed E-state index contributed by atoms with van der Waals surface area (Å²) in [5.41, 5.74) is 0.478. The minimum absolute atomic E-state index is 0.00714. The number of nitrogens with zero attached hydrogens (tertiary/aromatic N) is 5. The molecule has 0 aliphatic carbocycles. The van der Waals surface area contributed by atoms with Crippen molar-refractivity contribution in [3.63, 3.8) is 0 Å². The van der Waals surface area contributed by atoms with E-state index in [1.165, 1.54) is 41.1 Å². The zero-order valence-electron chi connectivity index (χ0n) is 22.9. The molecule has 3 N–H and O–H groups in total. The molecule has 1 fully saturated rings. The van der Waals surface area contributed by atoms with Crippen molar-refractivity contribution >= 4 is 34.3 Å². The van der Waals surface area contributed by atoms with Crippen LogP contribution in [0.15, 0.2) is 57.4 Å². The third kappa shape index (κ3) is 7.38. The molecule has 0 bridgehead atoms. The van der Waals surface area contributed by atoms with E-state index in [4.69, 9.17) is 0 Å². The summed E-state index contributed by atoms with van der Waals surface area (Å²) < 4.78 is 56.6. The molecule has 11 nitrogen and oxygen atoms in total. The van der Waals surface area contributed by atoms with Gasteiger partial charge in [-0.15, -0.1) is 0 Å². The Morgan fingerprint density at radius 1 is 1.24 bits per heavy atom. The fourth-order valence-corrected chi connectivity index (χ4v) is 5.61. The highest BCUT2D eigenvalue weighted by molar-refractivity contribution is 7.91. The Balaban J connectivity index is 1.60. The van der Waals surface area contributed by atoms with Crippen LogP contribution in [-0.4, -0.2) is 60.9 Å². The van der Waals surface area contributed by atoms with E-state index < -0.39 is 33.3 Å². The number of nitrogens with one attached hydrogen (secondary N) is 3. The lowest BCUT2D eigenvalue weighted by Gasteiger charge is -2.26. The molecule has 2 atom stereocenters. The molecule has 1 aliphatic rings. The van der Waals surface area contributed by atoms with Gasteiger partial charge in [0.1, 0.15) is 23.5 Å². The molecule has 1 aromatic carbocycles. The third-order valence-electron chi connectivity index (χ3n) is 6.36. The standard InChI is InChI=1S/C27H32F2N8O3S/c1-16(2)37-25(35-27(30-4)34-21-11-20(28)13-31-14-21)17(3)33-24(26(37)38)18-9-10-23(32-12-18)36-41(39,40)15-19-7-5-6-8-22(19)29/h5-10,12,16,20-21,31H,4,11,13-15H2,1-3H3,(H,32,36)(H,34,35)/t20-,21-/m0/s1. The van der Waals surface area contributed by atoms with E-state index in [0.717, 1.165) is 0 Å². The van der Waals surface area contributed by atoms with Gasteiger partial charge in [0.25, 0.3) is 5.56 Å². The zero-order chi connectivity index (χ0) is 29.7. The SMILES string of the molecule is C=N/C(=N\c1c(C)nc(-c2ccc(NS(=O)(=O)Cc3ccccc3F)nc2)c(=O)n1C(C)C)N[C@@H]1CNC[C@@H](F)C1. The number of aromatic nitrogens is 3. The maximum absolute atomic E-state index is 13.9. The van der Waals surface area contributed by atoms with Gasteiger partial charge in [-0.2, -0.15) is 4.99 Å². The van der Waals surface area contributed by atoms with Crippen LogP contribution in [0.2, 0.25) is 0 Å². The molecular weight excluding hydrogens is 554 g/mol. The van der Waals surface area contributed by atoms with Crippen LogP contribution >= 0.6 is 0 Å². The maximum Gasteiger partial charge on any atom is 0.279 e. The average molecular weight is 587 g/mol. The first kappa shape index (κ1) is 29.9. The molecule has 1 aliphatic heterocycles. The molecule has 0 amide bonds. The topological polar surface area (TPSA) is 143 Å². The first-order valence-electron chi connectivity index (χ1n) is 13.0. The third-order valence-corrected chi connectivity index (χ3v) is 7.57. The Labute approximate surface area is 236 Å². The molecular formula is C27H32F2N8O3S. The van der Waals surface area contributed by atoms with Crippen LogP contribution in [0.3, 0.4) is 0 Å². The molecule has 3 aromatic rings. The van der Waals surface area contributed by atoms with E-state index in [0.29, 0.717) is 24.3 Å². The van der Waals surface area contributed by atoms with E-state index in [2.05, 4.69) is 42.0 Å². The lowest BCUT2D eigenvalue weighted by molar-refractivity contribution is 0.239. The summed E-state index contributed by atoms with van der Waals surface area (Å²) in [6, 6.07) is 7.97. The van der Waals surface area contributed by atoms with Crippen molar-refractivity contribution in [2.75, 3.05) is 17.8 Å². The number of hydrogen-bond acceptors (Lipinski definition) is 7. The quantitative estimate of drug-likeness (QED) is 0.272. The number of alkyl halides is 1. The lowest BCUT2D eigenvalue weighted by Crippen LogP contribution is -2.49. The number of rotatable bonds is 8. The first-order chi connectivity index (χ1) is 19.5. The summed E-state index contributed by atoms with van der Waals surface area (Å²) in [5, 5.41) is 6.08. The zero-order valence-corrected chi connectivity index (χ0v) is 23.8. The largest absolute Gasteiger partial charge is 0.350 e. The predicted molar refractivity (Wildman–Crippen MR) is 155 cm³/mol. The number of aliphatic imine (C=N–C) groups is 2. The number of aryl methyl sites for hydroxylation is 1. The second-order valence-corrected chi connectivity index (χ2v) is 11.7. The summed E-state index contributed by atoms with van der Waals surface area (Å²) in [6.07, 6.45) is 0.627. The Kier molecular flexibility index (Phi) is 9.23. The smallest absolute Gasteiger partial charge is 0.279 e. The van der Waals surface area contributed by atoms with Crippen molar-refractivity contribution in [2.45, 2.75) is 51.2 Å². The molecule has 218 valence electrons. The number of benzene rings is 1. The van der Waals surface area contributed by atoms with Gasteiger partial charge >= 0.3 is 0 Å². The Bertz CT molecular complexity index is 1610. The molecule has 0 saturated carbocycles. The summed E-state index contributed by atoms with van der Waals surface area (Å²) >= 11 is 0. The predicted octanol–water partition coefficient (Wildman–Crippen LogP) is 3.25.